The lowest BCUT2D eigenvalue weighted by Crippen LogP contribution is -2.56. The maximum Gasteiger partial charge on any atom is 0.233 e. The molecule has 2 aromatic heterocycles. The Kier molecular flexibility index (Phi) is 5.20. The summed E-state index contributed by atoms with van der Waals surface area (Å²) in [6.07, 6.45) is 4.46. The number of nitrogens with zero attached hydrogens (tertiary/aromatic N) is 5. The fourth-order valence-electron chi connectivity index (χ4n) is 4.08. The standard InChI is InChI=1S/C21H26N8O/c1-30-18-11-24-21(27-20(18)28-10-7-16-17(13-28)26-14-25-16)29(15-5-3-2-4-6-15)19-12-22-8-9-23-19/h2-6,11,14,19,22-23H,7-10,12-13H2,1H3,(H,25,26). The van der Waals surface area contributed by atoms with Crippen molar-refractivity contribution in [2.24, 2.45) is 0 Å². The van der Waals surface area contributed by atoms with E-state index >= 15 is 0 Å². The van der Waals surface area contributed by atoms with Crippen LogP contribution in [0.1, 0.15) is 11.4 Å². The third kappa shape index (κ3) is 3.57. The zero-order valence-electron chi connectivity index (χ0n) is 17.0. The van der Waals surface area contributed by atoms with Crippen LogP contribution >= 0.6 is 0 Å². The SMILES string of the molecule is COc1cnc(N(c2ccccc2)C2CNCCN2)nc1N1CCc2nc[nH]c2C1. The fraction of sp³-hybridized carbons (Fsp3) is 0.381. The van der Waals surface area contributed by atoms with Crippen molar-refractivity contribution in [1.29, 1.82) is 0 Å². The van der Waals surface area contributed by atoms with Gasteiger partial charge in [-0.3, -0.25) is 10.2 Å². The summed E-state index contributed by atoms with van der Waals surface area (Å²) >= 11 is 0. The number of imidazole rings is 1. The summed E-state index contributed by atoms with van der Waals surface area (Å²) in [5, 5.41) is 7.04. The summed E-state index contributed by atoms with van der Waals surface area (Å²) in [6.45, 7) is 4.21. The van der Waals surface area contributed by atoms with Gasteiger partial charge in [-0.15, -0.1) is 0 Å². The normalized spacial score (nSPS) is 18.7. The van der Waals surface area contributed by atoms with Crippen molar-refractivity contribution in [2.45, 2.75) is 19.1 Å². The zero-order chi connectivity index (χ0) is 20.3. The molecule has 0 radical (unpaired) electrons. The number of aromatic nitrogens is 4. The Bertz CT molecular complexity index is 986. The summed E-state index contributed by atoms with van der Waals surface area (Å²) in [6, 6.07) is 10.3. The molecule has 0 bridgehead atoms. The van der Waals surface area contributed by atoms with Gasteiger partial charge in [-0.25, -0.2) is 9.97 Å². The Morgan fingerprint density at radius 3 is 2.87 bits per heavy atom. The van der Waals surface area contributed by atoms with Crippen molar-refractivity contribution >= 4 is 17.5 Å². The number of nitrogens with one attached hydrogen (secondary N) is 3. The van der Waals surface area contributed by atoms with Gasteiger partial charge in [-0.2, -0.15) is 4.98 Å². The lowest BCUT2D eigenvalue weighted by Gasteiger charge is -2.36. The van der Waals surface area contributed by atoms with E-state index in [-0.39, 0.29) is 6.17 Å². The molecule has 9 nitrogen and oxygen atoms in total. The van der Waals surface area contributed by atoms with Gasteiger partial charge in [0.1, 0.15) is 6.17 Å². The number of para-hydroxylation sites is 1. The number of piperazine rings is 1. The highest BCUT2D eigenvalue weighted by molar-refractivity contribution is 5.62. The second-order valence-electron chi connectivity index (χ2n) is 7.44. The monoisotopic (exact) mass is 406 g/mol. The lowest BCUT2D eigenvalue weighted by molar-refractivity contribution is 0.406. The Balaban J connectivity index is 1.53. The first kappa shape index (κ1) is 18.8. The molecular weight excluding hydrogens is 380 g/mol. The molecular formula is C21H26N8O. The summed E-state index contributed by atoms with van der Waals surface area (Å²) in [4.78, 5) is 21.7. The van der Waals surface area contributed by atoms with Crippen molar-refractivity contribution in [1.82, 2.24) is 30.6 Å². The van der Waals surface area contributed by atoms with E-state index in [1.165, 1.54) is 0 Å². The molecule has 1 fully saturated rings. The van der Waals surface area contributed by atoms with Gasteiger partial charge in [-0.05, 0) is 12.1 Å². The number of hydrogen-bond acceptors (Lipinski definition) is 8. The van der Waals surface area contributed by atoms with Gasteiger partial charge in [0.15, 0.2) is 11.6 Å². The summed E-state index contributed by atoms with van der Waals surface area (Å²) in [5.74, 6) is 2.12. The topological polar surface area (TPSA) is 94.2 Å². The number of H-pyrrole nitrogens is 1. The van der Waals surface area contributed by atoms with Crippen LogP contribution in [-0.2, 0) is 13.0 Å². The highest BCUT2D eigenvalue weighted by Crippen LogP contribution is 2.33. The fourth-order valence-corrected chi connectivity index (χ4v) is 4.08. The van der Waals surface area contributed by atoms with Gasteiger partial charge < -0.3 is 19.9 Å². The van der Waals surface area contributed by atoms with Crippen molar-refractivity contribution in [3.05, 3.63) is 54.2 Å². The van der Waals surface area contributed by atoms with E-state index in [9.17, 15) is 0 Å². The Morgan fingerprint density at radius 2 is 2.07 bits per heavy atom. The highest BCUT2D eigenvalue weighted by atomic mass is 16.5. The predicted molar refractivity (Wildman–Crippen MR) is 115 cm³/mol. The van der Waals surface area contributed by atoms with Crippen LogP contribution in [0.25, 0.3) is 0 Å². The third-order valence-electron chi connectivity index (χ3n) is 5.60. The highest BCUT2D eigenvalue weighted by Gasteiger charge is 2.28. The number of methoxy groups -OCH3 is 1. The van der Waals surface area contributed by atoms with E-state index in [4.69, 9.17) is 9.72 Å². The van der Waals surface area contributed by atoms with E-state index in [2.05, 4.69) is 47.5 Å². The van der Waals surface area contributed by atoms with Gasteiger partial charge in [0.25, 0.3) is 0 Å². The third-order valence-corrected chi connectivity index (χ3v) is 5.60. The molecule has 0 aliphatic carbocycles. The second kappa shape index (κ2) is 8.29. The van der Waals surface area contributed by atoms with E-state index in [0.29, 0.717) is 11.7 Å². The first-order valence-corrected chi connectivity index (χ1v) is 10.3. The number of rotatable bonds is 5. The van der Waals surface area contributed by atoms with Crippen LogP contribution in [0.2, 0.25) is 0 Å². The second-order valence-corrected chi connectivity index (χ2v) is 7.44. The number of benzene rings is 1. The summed E-state index contributed by atoms with van der Waals surface area (Å²) in [7, 11) is 1.66. The molecule has 1 unspecified atom stereocenters. The molecule has 30 heavy (non-hydrogen) atoms. The van der Waals surface area contributed by atoms with Crippen molar-refractivity contribution < 1.29 is 4.74 Å². The van der Waals surface area contributed by atoms with Crippen LogP contribution in [0.4, 0.5) is 17.5 Å². The minimum atomic E-state index is 0.0583. The number of hydrogen-bond donors (Lipinski definition) is 3. The van der Waals surface area contributed by atoms with Crippen molar-refractivity contribution in [2.75, 3.05) is 43.1 Å². The van der Waals surface area contributed by atoms with E-state index < -0.39 is 0 Å². The zero-order valence-corrected chi connectivity index (χ0v) is 17.0. The lowest BCUT2D eigenvalue weighted by atomic mass is 10.1. The molecule has 1 atom stereocenters. The Hall–Kier alpha value is -3.17. The van der Waals surface area contributed by atoms with E-state index in [1.807, 2.05) is 18.2 Å². The van der Waals surface area contributed by atoms with Gasteiger partial charge in [0, 0.05) is 38.3 Å². The van der Waals surface area contributed by atoms with Gasteiger partial charge >= 0.3 is 0 Å². The average molecular weight is 406 g/mol. The minimum absolute atomic E-state index is 0.0583. The minimum Gasteiger partial charge on any atom is -0.491 e. The molecule has 2 aliphatic rings. The molecule has 0 saturated carbocycles. The average Bonchev–Trinajstić information content (AvgIpc) is 3.29. The molecule has 3 aromatic rings. The van der Waals surface area contributed by atoms with Gasteiger partial charge in [0.05, 0.1) is 37.6 Å². The molecule has 4 heterocycles. The van der Waals surface area contributed by atoms with Crippen molar-refractivity contribution in [3.8, 4) is 5.75 Å². The largest absolute Gasteiger partial charge is 0.491 e. The maximum absolute atomic E-state index is 5.61. The molecule has 0 amide bonds. The molecule has 0 spiro atoms. The Labute approximate surface area is 175 Å². The van der Waals surface area contributed by atoms with Crippen molar-refractivity contribution in [3.63, 3.8) is 0 Å². The van der Waals surface area contributed by atoms with Gasteiger partial charge in [-0.1, -0.05) is 18.2 Å². The molecule has 3 N–H and O–H groups in total. The maximum atomic E-state index is 5.61. The Morgan fingerprint density at radius 1 is 1.17 bits per heavy atom. The number of anilines is 3. The van der Waals surface area contributed by atoms with Crippen LogP contribution in [0.15, 0.2) is 42.9 Å². The molecule has 156 valence electrons. The van der Waals surface area contributed by atoms with Crippen LogP contribution in [0, 0.1) is 0 Å². The number of ether oxygens (including phenoxy) is 1. The molecule has 1 aromatic carbocycles. The molecule has 1 saturated heterocycles. The number of fused-ring (bicyclic) bond motifs is 1. The smallest absolute Gasteiger partial charge is 0.233 e. The number of aromatic amines is 1. The van der Waals surface area contributed by atoms with Gasteiger partial charge in [0.2, 0.25) is 5.95 Å². The van der Waals surface area contributed by atoms with Crippen LogP contribution in [0.5, 0.6) is 5.75 Å². The first-order chi connectivity index (χ1) is 14.8. The van der Waals surface area contributed by atoms with E-state index in [0.717, 1.165) is 62.0 Å². The van der Waals surface area contributed by atoms with Crippen LogP contribution in [0.3, 0.4) is 0 Å². The van der Waals surface area contributed by atoms with E-state index in [1.54, 1.807) is 19.6 Å². The van der Waals surface area contributed by atoms with Crippen LogP contribution < -0.4 is 25.2 Å². The first-order valence-electron chi connectivity index (χ1n) is 10.3. The quantitative estimate of drug-likeness (QED) is 0.586. The summed E-state index contributed by atoms with van der Waals surface area (Å²) in [5.41, 5.74) is 3.30. The predicted octanol–water partition coefficient (Wildman–Crippen LogP) is 1.43. The molecule has 2 aliphatic heterocycles. The molecule has 9 heteroatoms. The molecule has 5 rings (SSSR count). The summed E-state index contributed by atoms with van der Waals surface area (Å²) < 4.78 is 5.61. The van der Waals surface area contributed by atoms with Crippen LogP contribution in [-0.4, -0.2) is 59.4 Å².